The summed E-state index contributed by atoms with van der Waals surface area (Å²) in [5, 5.41) is 2.88. The minimum atomic E-state index is -3.41. The number of carbonyl (C=O) groups is 1. The number of anilines is 1. The van der Waals surface area contributed by atoms with E-state index >= 15 is 0 Å². The monoisotopic (exact) mass is 362 g/mol. The number of sulfonamides is 1. The molecule has 0 aliphatic rings. The highest BCUT2D eigenvalue weighted by Gasteiger charge is 2.16. The Labute approximate surface area is 148 Å². The Morgan fingerprint density at radius 3 is 2.56 bits per heavy atom. The van der Waals surface area contributed by atoms with Gasteiger partial charge in [0, 0.05) is 5.56 Å². The van der Waals surface area contributed by atoms with Crippen molar-refractivity contribution < 1.29 is 17.9 Å². The Kier molecular flexibility index (Phi) is 6.03. The molecule has 1 amide bonds. The summed E-state index contributed by atoms with van der Waals surface area (Å²) in [6, 6.07) is 13.5. The van der Waals surface area contributed by atoms with Crippen molar-refractivity contribution in [2.45, 2.75) is 19.9 Å². The Morgan fingerprint density at radius 1 is 1.16 bits per heavy atom. The quantitative estimate of drug-likeness (QED) is 0.793. The molecule has 1 atom stereocenters. The van der Waals surface area contributed by atoms with Crippen LogP contribution in [0.5, 0.6) is 5.75 Å². The number of nitrogens with one attached hydrogen (secondary N) is 2. The number of benzene rings is 2. The second-order valence-electron chi connectivity index (χ2n) is 5.62. The molecule has 0 saturated carbocycles. The zero-order valence-electron chi connectivity index (χ0n) is 14.4. The van der Waals surface area contributed by atoms with E-state index in [1.165, 1.54) is 0 Å². The van der Waals surface area contributed by atoms with Crippen molar-refractivity contribution in [1.29, 1.82) is 0 Å². The molecular formula is C18H22N2O4S. The molecule has 6 nitrogen and oxygen atoms in total. The molecule has 2 rings (SSSR count). The van der Waals surface area contributed by atoms with Gasteiger partial charge in [-0.3, -0.25) is 9.52 Å². The van der Waals surface area contributed by atoms with Gasteiger partial charge in [-0.2, -0.15) is 0 Å². The Balaban J connectivity index is 2.18. The summed E-state index contributed by atoms with van der Waals surface area (Å²) in [6.45, 7) is 4.19. The normalized spacial score (nSPS) is 12.3. The Hall–Kier alpha value is -2.54. The molecule has 0 radical (unpaired) electrons. The summed E-state index contributed by atoms with van der Waals surface area (Å²) in [5.41, 5.74) is 1.61. The van der Waals surface area contributed by atoms with Crippen LogP contribution in [0.4, 0.5) is 5.69 Å². The first kappa shape index (κ1) is 18.8. The van der Waals surface area contributed by atoms with E-state index in [1.807, 2.05) is 6.92 Å². The number of hydrogen-bond donors (Lipinski definition) is 2. The molecule has 0 saturated heterocycles. The third kappa shape index (κ3) is 5.49. The molecule has 2 N–H and O–H groups in total. The van der Waals surface area contributed by atoms with Crippen molar-refractivity contribution in [3.63, 3.8) is 0 Å². The van der Waals surface area contributed by atoms with Crippen LogP contribution < -0.4 is 14.8 Å². The maximum atomic E-state index is 12.5. The smallest absolute Gasteiger partial charge is 0.251 e. The number of carbonyl (C=O) groups excluding carboxylic acids is 1. The molecule has 2 aromatic carbocycles. The van der Waals surface area contributed by atoms with Crippen molar-refractivity contribution >= 4 is 21.6 Å². The molecular weight excluding hydrogens is 340 g/mol. The fraction of sp³-hybridized carbons (Fsp3) is 0.278. The lowest BCUT2D eigenvalue weighted by molar-refractivity contribution is 0.0939. The molecule has 0 aromatic heterocycles. The van der Waals surface area contributed by atoms with E-state index in [4.69, 9.17) is 4.74 Å². The predicted molar refractivity (Wildman–Crippen MR) is 98.4 cm³/mol. The zero-order valence-corrected chi connectivity index (χ0v) is 15.3. The third-order valence-electron chi connectivity index (χ3n) is 3.48. The molecule has 0 bridgehead atoms. The van der Waals surface area contributed by atoms with Crippen molar-refractivity contribution in [3.8, 4) is 5.75 Å². The number of ether oxygens (including phenoxy) is 1. The average Bonchev–Trinajstić information content (AvgIpc) is 2.54. The first-order valence-electron chi connectivity index (χ1n) is 7.90. The average molecular weight is 362 g/mol. The van der Waals surface area contributed by atoms with Gasteiger partial charge >= 0.3 is 0 Å². The molecule has 2 aromatic rings. The van der Waals surface area contributed by atoms with Crippen LogP contribution in [0.2, 0.25) is 0 Å². The van der Waals surface area contributed by atoms with E-state index in [1.54, 1.807) is 55.5 Å². The van der Waals surface area contributed by atoms with Gasteiger partial charge in [0.15, 0.2) is 0 Å². The molecule has 25 heavy (non-hydrogen) atoms. The van der Waals surface area contributed by atoms with Gasteiger partial charge in [0.1, 0.15) is 5.75 Å². The minimum absolute atomic E-state index is 0.261. The highest BCUT2D eigenvalue weighted by molar-refractivity contribution is 7.92. The standard InChI is InChI=1S/C18H22N2O4S/c1-4-24-15-9-7-8-14(12-15)18(21)19-13(2)16-10-5-6-11-17(16)20-25(3,22)23/h5-13,20H,4H2,1-3H3,(H,19,21). The van der Waals surface area contributed by atoms with Crippen molar-refractivity contribution in [2.24, 2.45) is 0 Å². The van der Waals surface area contributed by atoms with Crippen LogP contribution in [0.3, 0.4) is 0 Å². The summed E-state index contributed by atoms with van der Waals surface area (Å²) in [5.74, 6) is 0.366. The predicted octanol–water partition coefficient (Wildman–Crippen LogP) is 2.95. The number of rotatable bonds is 7. The maximum Gasteiger partial charge on any atom is 0.251 e. The molecule has 1 unspecified atom stereocenters. The second-order valence-corrected chi connectivity index (χ2v) is 7.37. The van der Waals surface area contributed by atoms with Gasteiger partial charge in [0.25, 0.3) is 5.91 Å². The van der Waals surface area contributed by atoms with E-state index in [-0.39, 0.29) is 11.9 Å². The first-order chi connectivity index (χ1) is 11.8. The number of hydrogen-bond acceptors (Lipinski definition) is 4. The van der Waals surface area contributed by atoms with Crippen molar-refractivity contribution in [3.05, 3.63) is 59.7 Å². The van der Waals surface area contributed by atoms with Gasteiger partial charge in [0.05, 0.1) is 24.6 Å². The highest BCUT2D eigenvalue weighted by atomic mass is 32.2. The van der Waals surface area contributed by atoms with Crippen LogP contribution in [-0.2, 0) is 10.0 Å². The van der Waals surface area contributed by atoms with E-state index in [0.29, 0.717) is 29.2 Å². The van der Waals surface area contributed by atoms with Crippen molar-refractivity contribution in [2.75, 3.05) is 17.6 Å². The van der Waals surface area contributed by atoms with Crippen LogP contribution in [0.15, 0.2) is 48.5 Å². The van der Waals surface area contributed by atoms with Crippen molar-refractivity contribution in [1.82, 2.24) is 5.32 Å². The zero-order chi connectivity index (χ0) is 18.4. The highest BCUT2D eigenvalue weighted by Crippen LogP contribution is 2.24. The summed E-state index contributed by atoms with van der Waals surface area (Å²) in [6.07, 6.45) is 1.09. The van der Waals surface area contributed by atoms with E-state index < -0.39 is 10.0 Å². The first-order valence-corrected chi connectivity index (χ1v) is 9.79. The van der Waals surface area contributed by atoms with Gasteiger partial charge in [-0.15, -0.1) is 0 Å². The fourth-order valence-electron chi connectivity index (χ4n) is 2.42. The van der Waals surface area contributed by atoms with Crippen LogP contribution >= 0.6 is 0 Å². The fourth-order valence-corrected chi connectivity index (χ4v) is 3.00. The van der Waals surface area contributed by atoms with Crippen LogP contribution in [-0.4, -0.2) is 27.2 Å². The Morgan fingerprint density at radius 2 is 1.88 bits per heavy atom. The van der Waals surface area contributed by atoms with E-state index in [0.717, 1.165) is 6.26 Å². The van der Waals surface area contributed by atoms with E-state index in [2.05, 4.69) is 10.0 Å². The molecule has 0 fully saturated rings. The van der Waals surface area contributed by atoms with Gasteiger partial charge in [0.2, 0.25) is 10.0 Å². The van der Waals surface area contributed by atoms with E-state index in [9.17, 15) is 13.2 Å². The van der Waals surface area contributed by atoms with Crippen LogP contribution in [0.25, 0.3) is 0 Å². The van der Waals surface area contributed by atoms with Gasteiger partial charge in [-0.1, -0.05) is 24.3 Å². The SMILES string of the molecule is CCOc1cccc(C(=O)NC(C)c2ccccc2NS(C)(=O)=O)c1. The Bertz CT molecular complexity index is 850. The lowest BCUT2D eigenvalue weighted by Gasteiger charge is -2.18. The molecule has 134 valence electrons. The maximum absolute atomic E-state index is 12.5. The van der Waals surface area contributed by atoms with Gasteiger partial charge in [-0.05, 0) is 43.7 Å². The summed E-state index contributed by atoms with van der Waals surface area (Å²) in [7, 11) is -3.41. The third-order valence-corrected chi connectivity index (χ3v) is 4.07. The number of amides is 1. The van der Waals surface area contributed by atoms with Gasteiger partial charge in [-0.25, -0.2) is 8.42 Å². The molecule has 7 heteroatoms. The summed E-state index contributed by atoms with van der Waals surface area (Å²) < 4.78 is 30.9. The molecule has 0 spiro atoms. The molecule has 0 aliphatic carbocycles. The minimum Gasteiger partial charge on any atom is -0.494 e. The lowest BCUT2D eigenvalue weighted by atomic mass is 10.1. The largest absolute Gasteiger partial charge is 0.494 e. The van der Waals surface area contributed by atoms with Crippen LogP contribution in [0.1, 0.15) is 35.8 Å². The van der Waals surface area contributed by atoms with Crippen LogP contribution in [0, 0.1) is 0 Å². The topological polar surface area (TPSA) is 84.5 Å². The molecule has 0 aliphatic heterocycles. The summed E-state index contributed by atoms with van der Waals surface area (Å²) in [4.78, 5) is 12.5. The lowest BCUT2D eigenvalue weighted by Crippen LogP contribution is -2.27. The van der Waals surface area contributed by atoms with Gasteiger partial charge < -0.3 is 10.1 Å². The number of para-hydroxylation sites is 1. The molecule has 0 heterocycles. The second kappa shape index (κ2) is 8.02. The summed E-state index contributed by atoms with van der Waals surface area (Å²) >= 11 is 0.